The molecule has 0 unspecified atom stereocenters. The number of rotatable bonds is 6. The molecule has 0 saturated heterocycles. The molecule has 1 aromatic rings. The van der Waals surface area contributed by atoms with Crippen molar-refractivity contribution in [3.05, 3.63) is 33.9 Å². The predicted molar refractivity (Wildman–Crippen MR) is 92.2 cm³/mol. The first-order valence-corrected chi connectivity index (χ1v) is 7.31. The smallest absolute Gasteiger partial charge is 0.330 e. The van der Waals surface area contributed by atoms with Crippen LogP contribution in [-0.2, 0) is 9.53 Å². The monoisotopic (exact) mass is 354 g/mol. The van der Waals surface area contributed by atoms with Crippen LogP contribution in [0, 0.1) is 10.1 Å². The molecule has 0 N–H and O–H groups in total. The molecule has 0 bridgehead atoms. The van der Waals surface area contributed by atoms with Gasteiger partial charge in [-0.1, -0.05) is 0 Å². The molecule has 130 valence electrons. The fraction of sp³-hybridized carbons (Fsp3) is 0.333. The van der Waals surface area contributed by atoms with Crippen molar-refractivity contribution in [1.82, 2.24) is 4.90 Å². The van der Waals surface area contributed by atoms with Gasteiger partial charge in [0, 0.05) is 26.2 Å². The largest absolute Gasteiger partial charge is 0.493 e. The van der Waals surface area contributed by atoms with Crippen LogP contribution in [0.3, 0.4) is 0 Å². The Bertz CT molecular complexity index is 672. The highest BCUT2D eigenvalue weighted by Crippen LogP contribution is 2.39. The van der Waals surface area contributed by atoms with Gasteiger partial charge in [0.1, 0.15) is 0 Å². The van der Waals surface area contributed by atoms with Gasteiger partial charge in [0.25, 0.3) is 5.17 Å². The Morgan fingerprint density at radius 2 is 2.08 bits per heavy atom. The first-order valence-electron chi connectivity index (χ1n) is 6.90. The van der Waals surface area contributed by atoms with E-state index >= 15 is 0 Å². The van der Waals surface area contributed by atoms with Crippen molar-refractivity contribution < 1.29 is 23.9 Å². The predicted octanol–water partition coefficient (Wildman–Crippen LogP) is 2.41. The summed E-state index contributed by atoms with van der Waals surface area (Å²) in [6.07, 6.45) is 2.56. The van der Waals surface area contributed by atoms with Crippen molar-refractivity contribution in [2.75, 3.05) is 27.8 Å². The number of nitro groups is 1. The first-order chi connectivity index (χ1) is 11.3. The number of methoxy groups -OCH3 is 1. The summed E-state index contributed by atoms with van der Waals surface area (Å²) >= 11 is 5.01. The number of thiocarbonyl (C=S) groups is 1. The lowest BCUT2D eigenvalue weighted by Gasteiger charge is -2.16. The van der Waals surface area contributed by atoms with Gasteiger partial charge in [-0.3, -0.25) is 10.1 Å². The molecule has 0 saturated carbocycles. The number of nitro benzene ring substituents is 1. The Morgan fingerprint density at radius 3 is 2.58 bits per heavy atom. The highest BCUT2D eigenvalue weighted by atomic mass is 32.1. The molecule has 0 aliphatic rings. The Morgan fingerprint density at radius 1 is 1.42 bits per heavy atom. The molecule has 1 rings (SSSR count). The molecule has 0 radical (unpaired) electrons. The van der Waals surface area contributed by atoms with Crippen LogP contribution in [0.2, 0.25) is 0 Å². The second-order valence-electron chi connectivity index (χ2n) is 4.68. The number of benzene rings is 1. The lowest BCUT2D eigenvalue weighted by molar-refractivity contribution is -0.385. The van der Waals surface area contributed by atoms with Gasteiger partial charge in [0.2, 0.25) is 5.75 Å². The average molecular weight is 354 g/mol. The van der Waals surface area contributed by atoms with E-state index in [0.717, 1.165) is 0 Å². The molecule has 0 aliphatic heterocycles. The lowest BCUT2D eigenvalue weighted by atomic mass is 10.1. The zero-order valence-electron chi connectivity index (χ0n) is 13.8. The van der Waals surface area contributed by atoms with E-state index in [1.54, 1.807) is 21.0 Å². The van der Waals surface area contributed by atoms with E-state index in [2.05, 4.69) is 0 Å². The van der Waals surface area contributed by atoms with Crippen LogP contribution in [0.25, 0.3) is 6.08 Å². The molecule has 0 spiro atoms. The molecule has 8 nitrogen and oxygen atoms in total. The summed E-state index contributed by atoms with van der Waals surface area (Å²) in [5.74, 6) is -0.528. The van der Waals surface area contributed by atoms with Gasteiger partial charge in [0.15, 0.2) is 5.75 Å². The van der Waals surface area contributed by atoms with Crippen molar-refractivity contribution in [2.45, 2.75) is 6.92 Å². The van der Waals surface area contributed by atoms with Crippen LogP contribution >= 0.6 is 12.2 Å². The van der Waals surface area contributed by atoms with E-state index < -0.39 is 10.9 Å². The van der Waals surface area contributed by atoms with Gasteiger partial charge in [-0.2, -0.15) is 0 Å². The average Bonchev–Trinajstić information content (AvgIpc) is 2.53. The normalized spacial score (nSPS) is 10.3. The van der Waals surface area contributed by atoms with E-state index in [0.29, 0.717) is 5.56 Å². The lowest BCUT2D eigenvalue weighted by Crippen LogP contribution is -2.25. The van der Waals surface area contributed by atoms with Gasteiger partial charge in [-0.25, -0.2) is 4.79 Å². The summed E-state index contributed by atoms with van der Waals surface area (Å²) in [6.45, 7) is 1.92. The third-order valence-corrected chi connectivity index (χ3v) is 3.18. The third kappa shape index (κ3) is 5.20. The standard InChI is InChI=1S/C15H18N2O6S/c1-5-22-13(18)7-6-10-8-11(17(19)20)14(12(9-10)21-4)23-15(24)16(2)3/h6-9H,5H2,1-4H3/b7-6+. The Labute approximate surface area is 144 Å². The van der Waals surface area contributed by atoms with Gasteiger partial charge in [-0.05, 0) is 36.8 Å². The summed E-state index contributed by atoms with van der Waals surface area (Å²) in [6, 6.07) is 2.75. The number of esters is 1. The zero-order valence-corrected chi connectivity index (χ0v) is 14.6. The minimum absolute atomic E-state index is 0.0474. The summed E-state index contributed by atoms with van der Waals surface area (Å²) in [4.78, 5) is 23.6. The summed E-state index contributed by atoms with van der Waals surface area (Å²) in [5.41, 5.74) is 0.0526. The van der Waals surface area contributed by atoms with E-state index in [1.807, 2.05) is 0 Å². The second-order valence-corrected chi connectivity index (χ2v) is 5.03. The Kier molecular flexibility index (Phi) is 7.12. The molecule has 0 heterocycles. The van der Waals surface area contributed by atoms with Crippen molar-refractivity contribution in [1.29, 1.82) is 0 Å². The Hall–Kier alpha value is -2.68. The number of carbonyl (C=O) groups is 1. The summed E-state index contributed by atoms with van der Waals surface area (Å²) in [7, 11) is 4.65. The van der Waals surface area contributed by atoms with E-state index in [-0.39, 0.29) is 29.0 Å². The van der Waals surface area contributed by atoms with Crippen molar-refractivity contribution in [3.8, 4) is 11.5 Å². The molecule has 0 aromatic heterocycles. The maximum absolute atomic E-state index is 11.4. The quantitative estimate of drug-likeness (QED) is 0.253. The van der Waals surface area contributed by atoms with Gasteiger partial charge in [-0.15, -0.1) is 0 Å². The molecule has 0 amide bonds. The van der Waals surface area contributed by atoms with E-state index in [1.165, 1.54) is 36.3 Å². The fourth-order valence-corrected chi connectivity index (χ4v) is 1.71. The van der Waals surface area contributed by atoms with Crippen LogP contribution in [0.4, 0.5) is 5.69 Å². The van der Waals surface area contributed by atoms with Gasteiger partial charge < -0.3 is 19.1 Å². The van der Waals surface area contributed by atoms with Crippen LogP contribution in [-0.4, -0.2) is 48.8 Å². The zero-order chi connectivity index (χ0) is 18.3. The summed E-state index contributed by atoms with van der Waals surface area (Å²) < 4.78 is 15.3. The van der Waals surface area contributed by atoms with E-state index in [4.69, 9.17) is 26.4 Å². The van der Waals surface area contributed by atoms with Crippen LogP contribution in [0.1, 0.15) is 12.5 Å². The maximum Gasteiger partial charge on any atom is 0.330 e. The third-order valence-electron chi connectivity index (χ3n) is 2.73. The minimum Gasteiger partial charge on any atom is -0.493 e. The molecular weight excluding hydrogens is 336 g/mol. The van der Waals surface area contributed by atoms with Crippen LogP contribution in [0.15, 0.2) is 18.2 Å². The maximum atomic E-state index is 11.4. The molecular formula is C15H18N2O6S. The molecule has 9 heteroatoms. The molecule has 24 heavy (non-hydrogen) atoms. The number of hydrogen-bond donors (Lipinski definition) is 0. The highest BCUT2D eigenvalue weighted by Gasteiger charge is 2.24. The fourth-order valence-electron chi connectivity index (χ4n) is 1.63. The topological polar surface area (TPSA) is 91.1 Å². The Balaban J connectivity index is 3.29. The number of carbonyl (C=O) groups excluding carboxylic acids is 1. The van der Waals surface area contributed by atoms with Gasteiger partial charge in [0.05, 0.1) is 18.6 Å². The highest BCUT2D eigenvalue weighted by molar-refractivity contribution is 7.80. The van der Waals surface area contributed by atoms with Crippen LogP contribution in [0.5, 0.6) is 11.5 Å². The summed E-state index contributed by atoms with van der Waals surface area (Å²) in [5, 5.41) is 11.4. The van der Waals surface area contributed by atoms with Crippen LogP contribution < -0.4 is 9.47 Å². The van der Waals surface area contributed by atoms with Crippen molar-refractivity contribution in [2.24, 2.45) is 0 Å². The molecule has 0 fully saturated rings. The number of hydrogen-bond acceptors (Lipinski definition) is 7. The number of nitrogens with zero attached hydrogens (tertiary/aromatic N) is 2. The van der Waals surface area contributed by atoms with Crippen molar-refractivity contribution in [3.63, 3.8) is 0 Å². The molecule has 1 aromatic carbocycles. The molecule has 0 aliphatic carbocycles. The second kappa shape index (κ2) is 8.82. The minimum atomic E-state index is -0.613. The molecule has 0 atom stereocenters. The first kappa shape index (κ1) is 19.4. The SMILES string of the molecule is CCOC(=O)/C=C/c1cc(OC)c(OC(=S)N(C)C)c([N+](=O)[O-])c1. The van der Waals surface area contributed by atoms with Crippen molar-refractivity contribution >= 4 is 35.1 Å². The van der Waals surface area contributed by atoms with Gasteiger partial charge >= 0.3 is 11.7 Å². The van der Waals surface area contributed by atoms with E-state index in [9.17, 15) is 14.9 Å². The number of ether oxygens (including phenoxy) is 3.